The van der Waals surface area contributed by atoms with E-state index in [2.05, 4.69) is 0 Å². The Morgan fingerprint density at radius 3 is 2.14 bits per heavy atom. The van der Waals surface area contributed by atoms with E-state index in [0.717, 1.165) is 31.2 Å². The van der Waals surface area contributed by atoms with Crippen molar-refractivity contribution in [1.82, 2.24) is 0 Å². The quantitative estimate of drug-likeness (QED) is 0.838. The van der Waals surface area contributed by atoms with Gasteiger partial charge in [-0.2, -0.15) is 0 Å². The van der Waals surface area contributed by atoms with Crippen LogP contribution in [0.3, 0.4) is 0 Å². The molecule has 1 aliphatic carbocycles. The summed E-state index contributed by atoms with van der Waals surface area (Å²) in [5.41, 5.74) is 7.03. The number of rotatable bonds is 6. The summed E-state index contributed by atoms with van der Waals surface area (Å²) in [4.78, 5) is 0. The average molecular weight is 332 g/mol. The highest BCUT2D eigenvalue weighted by Gasteiger charge is 2.31. The van der Waals surface area contributed by atoms with Crippen LogP contribution in [0, 0.1) is 5.92 Å². The second-order valence-electron chi connectivity index (χ2n) is 5.48. The maximum atomic E-state index is 10.5. The van der Waals surface area contributed by atoms with E-state index < -0.39 is 12.1 Å². The first-order chi connectivity index (χ1) is 10.1. The minimum atomic E-state index is -0.570. The molecule has 1 saturated carbocycles. The van der Waals surface area contributed by atoms with Gasteiger partial charge >= 0.3 is 0 Å². The summed E-state index contributed by atoms with van der Waals surface area (Å²) in [6.07, 6.45) is 3.82. The fraction of sp³-hybridized carbons (Fsp3) is 0.625. The normalized spacial score (nSPS) is 17.5. The smallest absolute Gasteiger partial charge is 0.203 e. The van der Waals surface area contributed by atoms with Crippen LogP contribution in [-0.4, -0.2) is 32.5 Å². The van der Waals surface area contributed by atoms with Gasteiger partial charge in [-0.15, -0.1) is 12.4 Å². The molecule has 0 aromatic heterocycles. The van der Waals surface area contributed by atoms with Crippen LogP contribution in [0.25, 0.3) is 0 Å². The summed E-state index contributed by atoms with van der Waals surface area (Å²) in [5, 5.41) is 10.5. The summed E-state index contributed by atoms with van der Waals surface area (Å²) < 4.78 is 16.1. The van der Waals surface area contributed by atoms with Crippen LogP contribution >= 0.6 is 12.4 Å². The number of hydrogen-bond donors (Lipinski definition) is 2. The van der Waals surface area contributed by atoms with Crippen molar-refractivity contribution in [2.45, 2.75) is 37.8 Å². The number of hydrogen-bond acceptors (Lipinski definition) is 5. The Bertz CT molecular complexity index is 477. The maximum Gasteiger partial charge on any atom is 0.203 e. The van der Waals surface area contributed by atoms with Crippen molar-refractivity contribution in [3.63, 3.8) is 0 Å². The van der Waals surface area contributed by atoms with Crippen molar-refractivity contribution in [2.24, 2.45) is 11.7 Å². The number of methoxy groups -OCH3 is 3. The first-order valence-corrected chi connectivity index (χ1v) is 7.36. The monoisotopic (exact) mass is 331 g/mol. The zero-order chi connectivity index (χ0) is 15.4. The molecule has 5 nitrogen and oxygen atoms in total. The highest BCUT2D eigenvalue weighted by molar-refractivity contribution is 5.85. The third-order valence-electron chi connectivity index (χ3n) is 4.34. The van der Waals surface area contributed by atoms with Crippen LogP contribution in [0.2, 0.25) is 0 Å². The lowest BCUT2D eigenvalue weighted by molar-refractivity contribution is 0.0834. The van der Waals surface area contributed by atoms with E-state index in [4.69, 9.17) is 19.9 Å². The third-order valence-corrected chi connectivity index (χ3v) is 4.34. The molecule has 1 aromatic carbocycles. The zero-order valence-electron chi connectivity index (χ0n) is 13.4. The van der Waals surface area contributed by atoms with E-state index in [1.165, 1.54) is 0 Å². The van der Waals surface area contributed by atoms with E-state index in [0.29, 0.717) is 17.2 Å². The number of aliphatic hydroxyl groups excluding tert-OH is 1. The Hall–Kier alpha value is -1.17. The van der Waals surface area contributed by atoms with Gasteiger partial charge in [0.15, 0.2) is 11.5 Å². The van der Waals surface area contributed by atoms with Gasteiger partial charge in [0.05, 0.1) is 33.5 Å². The number of ether oxygens (including phenoxy) is 3. The van der Waals surface area contributed by atoms with Gasteiger partial charge in [-0.05, 0) is 30.9 Å². The molecule has 0 saturated heterocycles. The Kier molecular flexibility index (Phi) is 7.26. The minimum absolute atomic E-state index is 0. The highest BCUT2D eigenvalue weighted by atomic mass is 35.5. The van der Waals surface area contributed by atoms with Crippen molar-refractivity contribution in [1.29, 1.82) is 0 Å². The standard InChI is InChI=1S/C16H25NO4.ClH/c1-19-12-9-8-11(15(20-2)16(12)21-3)13(17)14(18)10-6-4-5-7-10;/h8-10,13-14,18H,4-7,17H2,1-3H3;1H/t13-,14+;/m1./s1. The molecule has 0 spiro atoms. The molecule has 1 aromatic rings. The Balaban J connectivity index is 0.00000242. The predicted molar refractivity (Wildman–Crippen MR) is 88.2 cm³/mol. The predicted octanol–water partition coefficient (Wildman–Crippen LogP) is 2.69. The highest BCUT2D eigenvalue weighted by Crippen LogP contribution is 2.43. The van der Waals surface area contributed by atoms with Crippen LogP contribution in [0.15, 0.2) is 12.1 Å². The van der Waals surface area contributed by atoms with Gasteiger partial charge in [-0.1, -0.05) is 12.8 Å². The molecule has 0 radical (unpaired) electrons. The van der Waals surface area contributed by atoms with Crippen molar-refractivity contribution in [3.05, 3.63) is 17.7 Å². The molecule has 3 N–H and O–H groups in total. The molecule has 0 amide bonds. The van der Waals surface area contributed by atoms with Gasteiger partial charge in [0.1, 0.15) is 0 Å². The van der Waals surface area contributed by atoms with Gasteiger partial charge in [-0.25, -0.2) is 0 Å². The molecule has 1 aliphatic rings. The lowest BCUT2D eigenvalue weighted by Crippen LogP contribution is -2.32. The molecule has 0 aliphatic heterocycles. The molecular weight excluding hydrogens is 306 g/mol. The maximum absolute atomic E-state index is 10.5. The Morgan fingerprint density at radius 1 is 1.05 bits per heavy atom. The van der Waals surface area contributed by atoms with E-state index in [1.807, 2.05) is 6.07 Å². The topological polar surface area (TPSA) is 73.9 Å². The second-order valence-corrected chi connectivity index (χ2v) is 5.48. The Morgan fingerprint density at radius 2 is 1.64 bits per heavy atom. The lowest BCUT2D eigenvalue weighted by Gasteiger charge is -2.26. The van der Waals surface area contributed by atoms with Gasteiger partial charge in [0.2, 0.25) is 5.75 Å². The molecule has 126 valence electrons. The van der Waals surface area contributed by atoms with E-state index >= 15 is 0 Å². The van der Waals surface area contributed by atoms with Crippen molar-refractivity contribution < 1.29 is 19.3 Å². The van der Waals surface area contributed by atoms with Crippen molar-refractivity contribution >= 4 is 12.4 Å². The second kappa shape index (κ2) is 8.46. The SMILES string of the molecule is COc1ccc([C@@H](N)[C@@H](O)C2CCCC2)c(OC)c1OC.Cl. The molecule has 2 rings (SSSR count). The number of benzene rings is 1. The minimum Gasteiger partial charge on any atom is -0.493 e. The van der Waals surface area contributed by atoms with Crippen LogP contribution in [0.4, 0.5) is 0 Å². The van der Waals surface area contributed by atoms with Gasteiger partial charge in [-0.3, -0.25) is 0 Å². The van der Waals surface area contributed by atoms with E-state index in [-0.39, 0.29) is 18.3 Å². The molecule has 0 unspecified atom stereocenters. The zero-order valence-corrected chi connectivity index (χ0v) is 14.2. The van der Waals surface area contributed by atoms with Crippen LogP contribution < -0.4 is 19.9 Å². The van der Waals surface area contributed by atoms with Crippen molar-refractivity contribution in [2.75, 3.05) is 21.3 Å². The van der Waals surface area contributed by atoms with Gasteiger partial charge < -0.3 is 25.1 Å². The molecule has 1 fully saturated rings. The summed E-state index contributed by atoms with van der Waals surface area (Å²) in [7, 11) is 4.70. The summed E-state index contributed by atoms with van der Waals surface area (Å²) in [6, 6.07) is 3.13. The van der Waals surface area contributed by atoms with Crippen LogP contribution in [-0.2, 0) is 0 Å². The van der Waals surface area contributed by atoms with Gasteiger partial charge in [0, 0.05) is 5.56 Å². The van der Waals surface area contributed by atoms with E-state index in [1.54, 1.807) is 27.4 Å². The molecule has 6 heteroatoms. The summed E-state index contributed by atoms with van der Waals surface area (Å²) >= 11 is 0. The fourth-order valence-corrected chi connectivity index (χ4v) is 3.16. The van der Waals surface area contributed by atoms with Gasteiger partial charge in [0.25, 0.3) is 0 Å². The molecule has 0 bridgehead atoms. The largest absolute Gasteiger partial charge is 0.493 e. The lowest BCUT2D eigenvalue weighted by atomic mass is 9.90. The summed E-state index contributed by atoms with van der Waals surface area (Å²) in [5.74, 6) is 1.88. The Labute approximate surface area is 138 Å². The van der Waals surface area contributed by atoms with E-state index in [9.17, 15) is 5.11 Å². The third kappa shape index (κ3) is 3.59. The fourth-order valence-electron chi connectivity index (χ4n) is 3.16. The molecule has 2 atom stereocenters. The molecule has 0 heterocycles. The first kappa shape index (κ1) is 18.9. The molecular formula is C16H26ClNO4. The number of halogens is 1. The first-order valence-electron chi connectivity index (χ1n) is 7.36. The molecule has 22 heavy (non-hydrogen) atoms. The van der Waals surface area contributed by atoms with Crippen molar-refractivity contribution in [3.8, 4) is 17.2 Å². The number of aliphatic hydroxyl groups is 1. The van der Waals surface area contributed by atoms with Crippen LogP contribution in [0.5, 0.6) is 17.2 Å². The summed E-state index contributed by atoms with van der Waals surface area (Å²) in [6.45, 7) is 0. The number of nitrogens with two attached hydrogens (primary N) is 1. The van der Waals surface area contributed by atoms with Crippen LogP contribution in [0.1, 0.15) is 37.3 Å². The average Bonchev–Trinajstić information content (AvgIpc) is 3.06.